The average molecular weight is 336 g/mol. The number of hydrogen-bond acceptors (Lipinski definition) is 5. The predicted octanol–water partition coefficient (Wildman–Crippen LogP) is 2.07. The standard InChI is InChI=1S/C17H24N2O3S/c1-3-13(20)14-17(22)8-6-11(7-9-17)19(14)16(21)12-5-4-10-18-15(12)23-2/h4-5,10-11,13-14,20,22H,3,6-9H2,1-2H3/t11?,13-,14-,17?/m0/s1. The van der Waals surface area contributed by atoms with Crippen molar-refractivity contribution in [3.05, 3.63) is 23.9 Å². The summed E-state index contributed by atoms with van der Waals surface area (Å²) in [5, 5.41) is 22.2. The molecule has 0 radical (unpaired) electrons. The highest BCUT2D eigenvalue weighted by atomic mass is 32.2. The molecule has 2 N–H and O–H groups in total. The second-order valence-electron chi connectivity index (χ2n) is 6.53. The second kappa shape index (κ2) is 6.42. The fourth-order valence-corrected chi connectivity index (χ4v) is 4.62. The van der Waals surface area contributed by atoms with Crippen molar-refractivity contribution in [2.24, 2.45) is 0 Å². The van der Waals surface area contributed by atoms with Crippen LogP contribution in [-0.4, -0.2) is 56.0 Å². The van der Waals surface area contributed by atoms with Crippen molar-refractivity contribution in [1.29, 1.82) is 0 Å². The van der Waals surface area contributed by atoms with Crippen molar-refractivity contribution in [1.82, 2.24) is 9.88 Å². The number of hydrogen-bond donors (Lipinski definition) is 2. The van der Waals surface area contributed by atoms with Gasteiger partial charge in [-0.15, -0.1) is 11.8 Å². The summed E-state index contributed by atoms with van der Waals surface area (Å²) in [5.41, 5.74) is -0.411. The van der Waals surface area contributed by atoms with E-state index in [1.165, 1.54) is 11.8 Å². The molecule has 23 heavy (non-hydrogen) atoms. The van der Waals surface area contributed by atoms with Gasteiger partial charge in [0.1, 0.15) is 5.03 Å². The van der Waals surface area contributed by atoms with E-state index in [4.69, 9.17) is 0 Å². The van der Waals surface area contributed by atoms with Crippen molar-refractivity contribution in [3.8, 4) is 0 Å². The van der Waals surface area contributed by atoms with Crippen molar-refractivity contribution in [2.45, 2.75) is 67.8 Å². The predicted molar refractivity (Wildman–Crippen MR) is 89.5 cm³/mol. The highest BCUT2D eigenvalue weighted by Gasteiger charge is 2.55. The molecule has 0 spiro atoms. The number of rotatable bonds is 4. The number of fused-ring (bicyclic) bond motifs is 3. The molecule has 2 bridgehead atoms. The molecule has 1 saturated carbocycles. The van der Waals surface area contributed by atoms with Gasteiger partial charge < -0.3 is 15.1 Å². The lowest BCUT2D eigenvalue weighted by Crippen LogP contribution is -2.69. The molecule has 5 nitrogen and oxygen atoms in total. The van der Waals surface area contributed by atoms with Crippen LogP contribution in [0.4, 0.5) is 0 Å². The Bertz CT molecular complexity index is 587. The molecular weight excluding hydrogens is 312 g/mol. The minimum atomic E-state index is -0.971. The SMILES string of the molecule is CC[C@H](O)[C@@H]1N(C(=O)c2cccnc2SC)C2CCC1(O)CC2. The number of thioether (sulfide) groups is 1. The molecule has 126 valence electrons. The number of aromatic nitrogens is 1. The van der Waals surface area contributed by atoms with Gasteiger partial charge in [0.05, 0.1) is 23.3 Å². The zero-order valence-corrected chi connectivity index (χ0v) is 14.4. The quantitative estimate of drug-likeness (QED) is 0.824. The Hall–Kier alpha value is -1.11. The zero-order valence-electron chi connectivity index (χ0n) is 13.6. The Morgan fingerprint density at radius 2 is 2.22 bits per heavy atom. The van der Waals surface area contributed by atoms with Gasteiger partial charge in [-0.25, -0.2) is 4.98 Å². The zero-order chi connectivity index (χ0) is 16.6. The number of pyridine rings is 1. The first-order valence-electron chi connectivity index (χ1n) is 8.24. The molecular formula is C17H24N2O3S. The van der Waals surface area contributed by atoms with Crippen LogP contribution in [0.3, 0.4) is 0 Å². The lowest BCUT2D eigenvalue weighted by atomic mass is 9.68. The van der Waals surface area contributed by atoms with Gasteiger partial charge in [-0.3, -0.25) is 4.79 Å². The van der Waals surface area contributed by atoms with Crippen LogP contribution in [0, 0.1) is 0 Å². The van der Waals surface area contributed by atoms with Crippen molar-refractivity contribution in [2.75, 3.05) is 6.26 Å². The maximum Gasteiger partial charge on any atom is 0.257 e. The minimum absolute atomic E-state index is 0.0950. The molecule has 1 aromatic rings. The summed E-state index contributed by atoms with van der Waals surface area (Å²) in [6, 6.07) is 3.11. The van der Waals surface area contributed by atoms with Crippen LogP contribution in [0.2, 0.25) is 0 Å². The maximum atomic E-state index is 13.2. The third kappa shape index (κ3) is 2.77. The molecule has 1 aromatic heterocycles. The molecule has 0 aromatic carbocycles. The van der Waals surface area contributed by atoms with Crippen LogP contribution in [0.5, 0.6) is 0 Å². The Balaban J connectivity index is 2.00. The summed E-state index contributed by atoms with van der Waals surface area (Å²) < 4.78 is 0. The summed E-state index contributed by atoms with van der Waals surface area (Å²) in [6.45, 7) is 1.89. The van der Waals surface area contributed by atoms with Gasteiger partial charge in [-0.05, 0) is 50.5 Å². The van der Waals surface area contributed by atoms with E-state index in [-0.39, 0.29) is 11.9 Å². The first-order valence-corrected chi connectivity index (χ1v) is 9.46. The van der Waals surface area contributed by atoms with E-state index in [1.807, 2.05) is 13.2 Å². The minimum Gasteiger partial charge on any atom is -0.391 e. The Kier molecular flexibility index (Phi) is 4.67. The van der Waals surface area contributed by atoms with Gasteiger partial charge in [-0.2, -0.15) is 0 Å². The van der Waals surface area contributed by atoms with Crippen molar-refractivity contribution in [3.63, 3.8) is 0 Å². The third-order valence-corrected chi connectivity index (χ3v) is 5.99. The maximum absolute atomic E-state index is 13.2. The Morgan fingerprint density at radius 1 is 1.52 bits per heavy atom. The fraction of sp³-hybridized carbons (Fsp3) is 0.647. The van der Waals surface area contributed by atoms with Gasteiger partial charge in [0.15, 0.2) is 0 Å². The van der Waals surface area contributed by atoms with Crippen LogP contribution in [0.25, 0.3) is 0 Å². The Labute approximate surface area is 141 Å². The molecule has 2 saturated heterocycles. The summed E-state index contributed by atoms with van der Waals surface area (Å²) in [4.78, 5) is 19.2. The van der Waals surface area contributed by atoms with E-state index in [1.54, 1.807) is 23.2 Å². The van der Waals surface area contributed by atoms with Gasteiger partial charge in [0, 0.05) is 12.2 Å². The number of piperidine rings is 2. The van der Waals surface area contributed by atoms with E-state index in [9.17, 15) is 15.0 Å². The van der Waals surface area contributed by atoms with Crippen LogP contribution in [0.1, 0.15) is 49.4 Å². The summed E-state index contributed by atoms with van der Waals surface area (Å²) in [6.07, 6.45) is 6.29. The summed E-state index contributed by atoms with van der Waals surface area (Å²) >= 11 is 1.44. The fourth-order valence-electron chi connectivity index (χ4n) is 4.08. The number of aliphatic hydroxyl groups is 2. The largest absolute Gasteiger partial charge is 0.391 e. The van der Waals surface area contributed by atoms with Crippen molar-refractivity contribution < 1.29 is 15.0 Å². The number of nitrogens with zero attached hydrogens (tertiary/aromatic N) is 2. The van der Waals surface area contributed by atoms with Crippen LogP contribution in [0.15, 0.2) is 23.4 Å². The van der Waals surface area contributed by atoms with E-state index in [0.29, 0.717) is 29.9 Å². The molecule has 0 unspecified atom stereocenters. The summed E-state index contributed by atoms with van der Waals surface area (Å²) in [5.74, 6) is -0.122. The lowest BCUT2D eigenvalue weighted by Gasteiger charge is -2.57. The number of amides is 1. The number of carbonyl (C=O) groups is 1. The van der Waals surface area contributed by atoms with Gasteiger partial charge in [-0.1, -0.05) is 6.92 Å². The first-order chi connectivity index (χ1) is 11.0. The number of aliphatic hydroxyl groups excluding tert-OH is 1. The number of carbonyl (C=O) groups excluding carboxylic acids is 1. The monoisotopic (exact) mass is 336 g/mol. The highest BCUT2D eigenvalue weighted by Crippen LogP contribution is 2.45. The van der Waals surface area contributed by atoms with E-state index >= 15 is 0 Å². The molecule has 2 aliphatic heterocycles. The van der Waals surface area contributed by atoms with Crippen LogP contribution < -0.4 is 0 Å². The van der Waals surface area contributed by atoms with Gasteiger partial charge in [0.2, 0.25) is 0 Å². The first kappa shape index (κ1) is 16.7. The summed E-state index contributed by atoms with van der Waals surface area (Å²) in [7, 11) is 0. The molecule has 6 heteroatoms. The molecule has 1 amide bonds. The highest BCUT2D eigenvalue weighted by molar-refractivity contribution is 7.98. The molecule has 3 aliphatic rings. The second-order valence-corrected chi connectivity index (χ2v) is 7.32. The van der Waals surface area contributed by atoms with Gasteiger partial charge in [0.25, 0.3) is 5.91 Å². The topological polar surface area (TPSA) is 73.7 Å². The molecule has 1 aliphatic carbocycles. The Morgan fingerprint density at radius 3 is 2.83 bits per heavy atom. The normalized spacial score (nSPS) is 31.2. The molecule has 2 atom stereocenters. The van der Waals surface area contributed by atoms with Gasteiger partial charge >= 0.3 is 0 Å². The smallest absolute Gasteiger partial charge is 0.257 e. The van der Waals surface area contributed by atoms with Crippen molar-refractivity contribution >= 4 is 17.7 Å². The van der Waals surface area contributed by atoms with E-state index in [0.717, 1.165) is 12.8 Å². The molecule has 3 heterocycles. The lowest BCUT2D eigenvalue weighted by molar-refractivity contribution is -0.160. The molecule has 3 fully saturated rings. The van der Waals surface area contributed by atoms with Crippen LogP contribution in [-0.2, 0) is 0 Å². The average Bonchev–Trinajstić information content (AvgIpc) is 2.59. The van der Waals surface area contributed by atoms with E-state index in [2.05, 4.69) is 4.98 Å². The third-order valence-electron chi connectivity index (χ3n) is 5.28. The molecule has 4 rings (SSSR count). The van der Waals surface area contributed by atoms with Crippen LogP contribution >= 0.6 is 11.8 Å². The van der Waals surface area contributed by atoms with E-state index < -0.39 is 17.7 Å².